The van der Waals surface area contributed by atoms with Crippen molar-refractivity contribution in [2.24, 2.45) is 0 Å². The van der Waals surface area contributed by atoms with Gasteiger partial charge in [-0.2, -0.15) is 4.98 Å². The molecule has 1 heterocycles. The van der Waals surface area contributed by atoms with E-state index in [0.29, 0.717) is 11.7 Å². The molecule has 1 aromatic heterocycles. The molecule has 0 atom stereocenters. The summed E-state index contributed by atoms with van der Waals surface area (Å²) in [6.07, 6.45) is 8.32. The second-order valence-corrected chi connectivity index (χ2v) is 5.66. The van der Waals surface area contributed by atoms with Crippen LogP contribution in [-0.2, 0) is 0 Å². The van der Waals surface area contributed by atoms with E-state index in [-0.39, 0.29) is 17.2 Å². The predicted molar refractivity (Wildman–Crippen MR) is 76.4 cm³/mol. The summed E-state index contributed by atoms with van der Waals surface area (Å²) >= 11 is 0. The van der Waals surface area contributed by atoms with Crippen LogP contribution in [0.2, 0.25) is 0 Å². The maximum atomic E-state index is 13.8. The molecule has 0 aliphatic heterocycles. The maximum Gasteiger partial charge on any atom is 0.260 e. The number of aromatic nitrogens is 2. The molecular formula is C16H19FN2O2. The van der Waals surface area contributed by atoms with Crippen molar-refractivity contribution < 1.29 is 14.0 Å². The number of hydrogen-bond acceptors (Lipinski definition) is 4. The third kappa shape index (κ3) is 3.23. The molecule has 1 aliphatic carbocycles. The highest BCUT2D eigenvalue weighted by Gasteiger charge is 2.21. The molecule has 1 aliphatic rings. The van der Waals surface area contributed by atoms with Gasteiger partial charge in [0.1, 0.15) is 11.6 Å². The van der Waals surface area contributed by atoms with E-state index in [1.165, 1.54) is 44.2 Å². The SMILES string of the molecule is Oc1ccc(-c2nc(C3CCCCCCC3)no2)c(F)c1. The van der Waals surface area contributed by atoms with E-state index in [4.69, 9.17) is 4.52 Å². The van der Waals surface area contributed by atoms with E-state index in [1.807, 2.05) is 0 Å². The Morgan fingerprint density at radius 2 is 1.81 bits per heavy atom. The minimum absolute atomic E-state index is 0.115. The van der Waals surface area contributed by atoms with Gasteiger partial charge in [0.05, 0.1) is 5.56 Å². The van der Waals surface area contributed by atoms with Crippen LogP contribution in [0.15, 0.2) is 22.7 Å². The number of rotatable bonds is 2. The highest BCUT2D eigenvalue weighted by molar-refractivity contribution is 5.55. The lowest BCUT2D eigenvalue weighted by molar-refractivity contribution is 0.392. The third-order valence-electron chi connectivity index (χ3n) is 4.10. The third-order valence-corrected chi connectivity index (χ3v) is 4.10. The highest BCUT2D eigenvalue weighted by atomic mass is 19.1. The van der Waals surface area contributed by atoms with Gasteiger partial charge in [-0.25, -0.2) is 4.39 Å². The van der Waals surface area contributed by atoms with E-state index in [1.54, 1.807) is 0 Å². The Labute approximate surface area is 123 Å². The van der Waals surface area contributed by atoms with Crippen LogP contribution in [0.3, 0.4) is 0 Å². The molecule has 0 spiro atoms. The summed E-state index contributed by atoms with van der Waals surface area (Å²) in [5, 5.41) is 13.3. The first-order chi connectivity index (χ1) is 10.2. The first-order valence-corrected chi connectivity index (χ1v) is 7.56. The summed E-state index contributed by atoms with van der Waals surface area (Å²) in [4.78, 5) is 4.37. The van der Waals surface area contributed by atoms with Crippen molar-refractivity contribution in [3.63, 3.8) is 0 Å². The number of hydrogen-bond donors (Lipinski definition) is 1. The molecule has 112 valence electrons. The summed E-state index contributed by atoms with van der Waals surface area (Å²) in [7, 11) is 0. The lowest BCUT2D eigenvalue weighted by Crippen LogP contribution is -2.04. The fourth-order valence-electron chi connectivity index (χ4n) is 2.90. The molecule has 0 amide bonds. The number of halogens is 1. The summed E-state index contributed by atoms with van der Waals surface area (Å²) in [6, 6.07) is 3.92. The fourth-order valence-corrected chi connectivity index (χ4v) is 2.90. The van der Waals surface area contributed by atoms with Crippen LogP contribution >= 0.6 is 0 Å². The largest absolute Gasteiger partial charge is 0.508 e. The second kappa shape index (κ2) is 6.24. The van der Waals surface area contributed by atoms with Gasteiger partial charge in [-0.05, 0) is 25.0 Å². The molecule has 0 bridgehead atoms. The van der Waals surface area contributed by atoms with Gasteiger partial charge in [0, 0.05) is 12.0 Å². The van der Waals surface area contributed by atoms with E-state index in [9.17, 15) is 9.50 Å². The molecule has 0 radical (unpaired) electrons. The van der Waals surface area contributed by atoms with Gasteiger partial charge in [0.2, 0.25) is 0 Å². The number of nitrogens with zero attached hydrogens (tertiary/aromatic N) is 2. The van der Waals surface area contributed by atoms with E-state index >= 15 is 0 Å². The average Bonchev–Trinajstić information content (AvgIpc) is 2.87. The smallest absolute Gasteiger partial charge is 0.260 e. The Morgan fingerprint density at radius 3 is 2.52 bits per heavy atom. The summed E-state index contributed by atoms with van der Waals surface area (Å²) < 4.78 is 19.0. The van der Waals surface area contributed by atoms with E-state index in [0.717, 1.165) is 18.9 Å². The zero-order chi connectivity index (χ0) is 14.7. The van der Waals surface area contributed by atoms with Crippen LogP contribution in [0, 0.1) is 5.82 Å². The molecule has 0 unspecified atom stereocenters. The van der Waals surface area contributed by atoms with Crippen LogP contribution in [0.25, 0.3) is 11.5 Å². The minimum Gasteiger partial charge on any atom is -0.508 e. The monoisotopic (exact) mass is 290 g/mol. The lowest BCUT2D eigenvalue weighted by atomic mass is 9.91. The Morgan fingerprint density at radius 1 is 1.10 bits per heavy atom. The molecule has 21 heavy (non-hydrogen) atoms. The molecule has 1 N–H and O–H groups in total. The zero-order valence-electron chi connectivity index (χ0n) is 11.9. The number of aromatic hydroxyl groups is 1. The maximum absolute atomic E-state index is 13.8. The normalized spacial score (nSPS) is 17.4. The van der Waals surface area contributed by atoms with Crippen molar-refractivity contribution >= 4 is 0 Å². The first-order valence-electron chi connectivity index (χ1n) is 7.56. The molecule has 4 nitrogen and oxygen atoms in total. The Hall–Kier alpha value is -1.91. The van der Waals surface area contributed by atoms with Crippen LogP contribution in [0.4, 0.5) is 4.39 Å². The van der Waals surface area contributed by atoms with Crippen molar-refractivity contribution in [1.29, 1.82) is 0 Å². The Kier molecular flexibility index (Phi) is 4.18. The van der Waals surface area contributed by atoms with Crippen molar-refractivity contribution in [3.8, 4) is 17.2 Å². The Balaban J connectivity index is 1.81. The van der Waals surface area contributed by atoms with Crippen molar-refractivity contribution in [3.05, 3.63) is 29.8 Å². The molecule has 1 fully saturated rings. The molecular weight excluding hydrogens is 271 g/mol. The van der Waals surface area contributed by atoms with Crippen LogP contribution in [0.1, 0.15) is 56.7 Å². The predicted octanol–water partition coefficient (Wildman–Crippen LogP) is 4.41. The van der Waals surface area contributed by atoms with Crippen LogP contribution < -0.4 is 0 Å². The van der Waals surface area contributed by atoms with Crippen LogP contribution in [-0.4, -0.2) is 15.2 Å². The van der Waals surface area contributed by atoms with E-state index < -0.39 is 5.82 Å². The number of benzene rings is 1. The van der Waals surface area contributed by atoms with Gasteiger partial charge < -0.3 is 9.63 Å². The topological polar surface area (TPSA) is 59.2 Å². The standard InChI is InChI=1S/C16H19FN2O2/c17-14-10-12(20)8-9-13(14)16-18-15(19-21-16)11-6-4-2-1-3-5-7-11/h8-11,20H,1-7H2. The molecule has 3 rings (SSSR count). The fraction of sp³-hybridized carbons (Fsp3) is 0.500. The minimum atomic E-state index is -0.553. The van der Waals surface area contributed by atoms with Gasteiger partial charge in [0.15, 0.2) is 5.82 Å². The summed E-state index contributed by atoms with van der Waals surface area (Å²) in [5.41, 5.74) is 0.234. The second-order valence-electron chi connectivity index (χ2n) is 5.66. The first kappa shape index (κ1) is 14.0. The number of phenolic OH excluding ortho intramolecular Hbond substituents is 1. The molecule has 5 heteroatoms. The summed E-state index contributed by atoms with van der Waals surface area (Å²) in [6.45, 7) is 0. The summed E-state index contributed by atoms with van der Waals surface area (Å²) in [5.74, 6) is 0.505. The van der Waals surface area contributed by atoms with Crippen molar-refractivity contribution in [2.45, 2.75) is 50.9 Å². The molecule has 2 aromatic rings. The average molecular weight is 290 g/mol. The molecule has 1 aromatic carbocycles. The van der Waals surface area contributed by atoms with Crippen molar-refractivity contribution in [1.82, 2.24) is 10.1 Å². The van der Waals surface area contributed by atoms with E-state index in [2.05, 4.69) is 10.1 Å². The Bertz CT molecular complexity index is 604. The van der Waals surface area contributed by atoms with Gasteiger partial charge >= 0.3 is 0 Å². The highest BCUT2D eigenvalue weighted by Crippen LogP contribution is 2.31. The lowest BCUT2D eigenvalue weighted by Gasteiger charge is -2.15. The van der Waals surface area contributed by atoms with Gasteiger partial charge in [0.25, 0.3) is 5.89 Å². The number of phenols is 1. The quantitative estimate of drug-likeness (QED) is 0.890. The van der Waals surface area contributed by atoms with Gasteiger partial charge in [-0.1, -0.05) is 37.3 Å². The van der Waals surface area contributed by atoms with Gasteiger partial charge in [-0.3, -0.25) is 0 Å². The van der Waals surface area contributed by atoms with Crippen molar-refractivity contribution in [2.75, 3.05) is 0 Å². The zero-order valence-corrected chi connectivity index (χ0v) is 11.9. The molecule has 0 saturated heterocycles. The van der Waals surface area contributed by atoms with Gasteiger partial charge in [-0.15, -0.1) is 0 Å². The molecule has 1 saturated carbocycles. The van der Waals surface area contributed by atoms with Crippen LogP contribution in [0.5, 0.6) is 5.75 Å².